The minimum Gasteiger partial charge on any atom is -0.342 e. The third-order valence-corrected chi connectivity index (χ3v) is 5.55. The Bertz CT molecular complexity index is 946. The predicted molar refractivity (Wildman–Crippen MR) is 127 cm³/mol. The summed E-state index contributed by atoms with van der Waals surface area (Å²) in [6.45, 7) is 8.11. The molecule has 1 amide bonds. The van der Waals surface area contributed by atoms with E-state index < -0.39 is 0 Å². The molecule has 156 valence electrons. The maximum absolute atomic E-state index is 12.9. The second-order valence-corrected chi connectivity index (χ2v) is 7.69. The van der Waals surface area contributed by atoms with Gasteiger partial charge >= 0.3 is 0 Å². The van der Waals surface area contributed by atoms with Gasteiger partial charge in [0, 0.05) is 32.1 Å². The highest BCUT2D eigenvalue weighted by atomic mass is 16.2. The molecule has 0 aliphatic rings. The Morgan fingerprint density at radius 2 is 1.73 bits per heavy atom. The molecule has 1 atom stereocenters. The highest BCUT2D eigenvalue weighted by Gasteiger charge is 2.14. The van der Waals surface area contributed by atoms with Crippen LogP contribution in [0.5, 0.6) is 0 Å². The Morgan fingerprint density at radius 1 is 1.00 bits per heavy atom. The zero-order valence-electron chi connectivity index (χ0n) is 17.9. The van der Waals surface area contributed by atoms with Crippen LogP contribution >= 0.6 is 0 Å². The van der Waals surface area contributed by atoms with Crippen LogP contribution in [-0.2, 0) is 11.2 Å². The van der Waals surface area contributed by atoms with Crippen LogP contribution < -0.4 is 5.32 Å². The normalized spacial score (nSPS) is 11.9. The molecule has 0 bridgehead atoms. The van der Waals surface area contributed by atoms with Gasteiger partial charge in [-0.25, -0.2) is 0 Å². The second kappa shape index (κ2) is 11.3. The van der Waals surface area contributed by atoms with Gasteiger partial charge in [0.05, 0.1) is 0 Å². The van der Waals surface area contributed by atoms with Crippen molar-refractivity contribution in [2.24, 2.45) is 0 Å². The molecule has 30 heavy (non-hydrogen) atoms. The summed E-state index contributed by atoms with van der Waals surface area (Å²) in [7, 11) is 0. The van der Waals surface area contributed by atoms with Crippen LogP contribution in [0, 0.1) is 0 Å². The van der Waals surface area contributed by atoms with E-state index in [0.29, 0.717) is 13.0 Å². The van der Waals surface area contributed by atoms with Gasteiger partial charge < -0.3 is 10.2 Å². The van der Waals surface area contributed by atoms with E-state index in [9.17, 15) is 4.79 Å². The lowest BCUT2D eigenvalue weighted by molar-refractivity contribution is -0.131. The van der Waals surface area contributed by atoms with Crippen molar-refractivity contribution in [2.75, 3.05) is 19.6 Å². The van der Waals surface area contributed by atoms with Crippen molar-refractivity contribution in [2.45, 2.75) is 32.2 Å². The molecule has 0 radical (unpaired) electrons. The lowest BCUT2D eigenvalue weighted by Gasteiger charge is -2.23. The van der Waals surface area contributed by atoms with Gasteiger partial charge in [-0.3, -0.25) is 4.79 Å². The number of nitrogens with zero attached hydrogens (tertiary/aromatic N) is 1. The highest BCUT2D eigenvalue weighted by molar-refractivity contribution is 5.86. The first-order chi connectivity index (χ1) is 14.7. The van der Waals surface area contributed by atoms with Gasteiger partial charge in [-0.15, -0.1) is 6.58 Å². The maximum atomic E-state index is 12.9. The molecule has 0 fully saturated rings. The SMILES string of the molecule is C=CCCN(CCc1ccccc1)C(=O)CCN[C@@H](C)c1cccc2ccccc12. The van der Waals surface area contributed by atoms with Crippen molar-refractivity contribution in [1.29, 1.82) is 0 Å². The smallest absolute Gasteiger partial charge is 0.223 e. The zero-order chi connectivity index (χ0) is 21.2. The molecule has 0 saturated carbocycles. The third kappa shape index (κ3) is 6.04. The molecule has 0 aliphatic carbocycles. The van der Waals surface area contributed by atoms with E-state index in [1.165, 1.54) is 21.9 Å². The summed E-state index contributed by atoms with van der Waals surface area (Å²) >= 11 is 0. The summed E-state index contributed by atoms with van der Waals surface area (Å²) in [6.07, 6.45) is 4.08. The molecular formula is C27H32N2O. The molecule has 0 aromatic heterocycles. The molecule has 0 saturated heterocycles. The van der Waals surface area contributed by atoms with E-state index in [4.69, 9.17) is 0 Å². The molecule has 3 nitrogen and oxygen atoms in total. The molecule has 3 heteroatoms. The standard InChI is InChI=1S/C27H32N2O/c1-3-4-20-29(21-18-23-11-6-5-7-12-23)27(30)17-19-28-22(2)25-16-10-14-24-13-8-9-15-26(24)25/h3,5-16,22,28H,1,4,17-21H2,2H3/t22-/m0/s1. The van der Waals surface area contributed by atoms with Crippen LogP contribution in [0.4, 0.5) is 0 Å². The first-order valence-electron chi connectivity index (χ1n) is 10.8. The van der Waals surface area contributed by atoms with E-state index in [1.807, 2.05) is 29.2 Å². The summed E-state index contributed by atoms with van der Waals surface area (Å²) in [6, 6.07) is 25.4. The van der Waals surface area contributed by atoms with Crippen molar-refractivity contribution in [1.82, 2.24) is 10.2 Å². The van der Waals surface area contributed by atoms with E-state index in [1.54, 1.807) is 0 Å². The Morgan fingerprint density at radius 3 is 2.53 bits per heavy atom. The first-order valence-corrected chi connectivity index (χ1v) is 10.8. The molecule has 1 N–H and O–H groups in total. The highest BCUT2D eigenvalue weighted by Crippen LogP contribution is 2.23. The Balaban J connectivity index is 1.54. The van der Waals surface area contributed by atoms with Crippen LogP contribution in [0.3, 0.4) is 0 Å². The summed E-state index contributed by atoms with van der Waals surface area (Å²) in [5, 5.41) is 6.05. The summed E-state index contributed by atoms with van der Waals surface area (Å²) < 4.78 is 0. The molecular weight excluding hydrogens is 368 g/mol. The lowest BCUT2D eigenvalue weighted by atomic mass is 10.00. The quantitative estimate of drug-likeness (QED) is 0.429. The van der Waals surface area contributed by atoms with Crippen molar-refractivity contribution < 1.29 is 4.79 Å². The van der Waals surface area contributed by atoms with Crippen molar-refractivity contribution in [3.63, 3.8) is 0 Å². The van der Waals surface area contributed by atoms with Crippen molar-refractivity contribution >= 4 is 16.7 Å². The van der Waals surface area contributed by atoms with E-state index >= 15 is 0 Å². The molecule has 0 spiro atoms. The van der Waals surface area contributed by atoms with Gasteiger partial charge in [0.1, 0.15) is 0 Å². The van der Waals surface area contributed by atoms with Crippen LogP contribution in [-0.4, -0.2) is 30.4 Å². The zero-order valence-corrected chi connectivity index (χ0v) is 17.9. The lowest BCUT2D eigenvalue weighted by Crippen LogP contribution is -2.35. The van der Waals surface area contributed by atoms with Gasteiger partial charge in [0.15, 0.2) is 0 Å². The van der Waals surface area contributed by atoms with Crippen LogP contribution in [0.25, 0.3) is 10.8 Å². The number of rotatable bonds is 11. The first kappa shape index (κ1) is 21.8. The summed E-state index contributed by atoms with van der Waals surface area (Å²) in [5.41, 5.74) is 2.53. The average molecular weight is 401 g/mol. The molecule has 3 aromatic carbocycles. The van der Waals surface area contributed by atoms with Crippen LogP contribution in [0.1, 0.15) is 36.9 Å². The largest absolute Gasteiger partial charge is 0.342 e. The van der Waals surface area contributed by atoms with E-state index in [-0.39, 0.29) is 11.9 Å². The molecule has 3 rings (SSSR count). The molecule has 0 aliphatic heterocycles. The fraction of sp³-hybridized carbons (Fsp3) is 0.296. The van der Waals surface area contributed by atoms with Crippen molar-refractivity contribution in [3.8, 4) is 0 Å². The fourth-order valence-electron chi connectivity index (χ4n) is 3.81. The van der Waals surface area contributed by atoms with Crippen LogP contribution in [0.2, 0.25) is 0 Å². The Labute approximate surface area is 180 Å². The maximum Gasteiger partial charge on any atom is 0.223 e. The number of hydrogen-bond acceptors (Lipinski definition) is 2. The fourth-order valence-corrected chi connectivity index (χ4v) is 3.81. The minimum absolute atomic E-state index is 0.190. The number of nitrogens with one attached hydrogen (secondary N) is 1. The number of fused-ring (bicyclic) bond motifs is 1. The summed E-state index contributed by atoms with van der Waals surface area (Å²) in [5.74, 6) is 0.199. The molecule has 0 heterocycles. The third-order valence-electron chi connectivity index (χ3n) is 5.55. The Kier molecular flexibility index (Phi) is 8.22. The Hall–Kier alpha value is -2.91. The van der Waals surface area contributed by atoms with Crippen LogP contribution in [0.15, 0.2) is 85.5 Å². The number of hydrogen-bond donors (Lipinski definition) is 1. The average Bonchev–Trinajstić information content (AvgIpc) is 2.79. The number of benzene rings is 3. The molecule has 3 aromatic rings. The van der Waals surface area contributed by atoms with Gasteiger partial charge in [-0.05, 0) is 41.7 Å². The number of amides is 1. The van der Waals surface area contributed by atoms with Crippen molar-refractivity contribution in [3.05, 3.63) is 96.6 Å². The van der Waals surface area contributed by atoms with E-state index in [0.717, 1.165) is 25.9 Å². The topological polar surface area (TPSA) is 32.3 Å². The van der Waals surface area contributed by atoms with Gasteiger partial charge in [-0.1, -0.05) is 78.9 Å². The summed E-state index contributed by atoms with van der Waals surface area (Å²) in [4.78, 5) is 14.8. The minimum atomic E-state index is 0.190. The predicted octanol–water partition coefficient (Wildman–Crippen LogP) is 5.53. The van der Waals surface area contributed by atoms with E-state index in [2.05, 4.69) is 73.4 Å². The number of carbonyl (C=O) groups is 1. The number of carbonyl (C=O) groups excluding carboxylic acids is 1. The van der Waals surface area contributed by atoms with Gasteiger partial charge in [-0.2, -0.15) is 0 Å². The van der Waals surface area contributed by atoms with Gasteiger partial charge in [0.25, 0.3) is 0 Å². The monoisotopic (exact) mass is 400 g/mol. The van der Waals surface area contributed by atoms with Gasteiger partial charge in [0.2, 0.25) is 5.91 Å². The molecule has 0 unspecified atom stereocenters. The second-order valence-electron chi connectivity index (χ2n) is 7.69.